The van der Waals surface area contributed by atoms with E-state index >= 15 is 0 Å². The summed E-state index contributed by atoms with van der Waals surface area (Å²) in [5.74, 6) is 0.852. The molecule has 1 rings (SSSR count). The molecule has 0 aromatic heterocycles. The van der Waals surface area contributed by atoms with E-state index in [1.165, 1.54) is 5.28 Å². The molecule has 0 unspecified atom stereocenters. The van der Waals surface area contributed by atoms with E-state index < -0.39 is 0 Å². The molecule has 0 atom stereocenters. The average Bonchev–Trinajstić information content (AvgIpc) is 2.03. The van der Waals surface area contributed by atoms with Gasteiger partial charge in [0.25, 0.3) is 0 Å². The molecule has 0 spiro atoms. The van der Waals surface area contributed by atoms with Crippen LogP contribution in [0.2, 0.25) is 5.28 Å². The summed E-state index contributed by atoms with van der Waals surface area (Å²) < 4.78 is 1.54. The van der Waals surface area contributed by atoms with E-state index in [2.05, 4.69) is 44.2 Å². The third kappa shape index (κ3) is 3.60. The van der Waals surface area contributed by atoms with Crippen LogP contribution in [0.4, 0.5) is 0 Å². The molecule has 0 aliphatic heterocycles. The van der Waals surface area contributed by atoms with Gasteiger partial charge in [-0.2, -0.15) is 0 Å². The molecular formula is C10H15Al. The van der Waals surface area contributed by atoms with Crippen molar-refractivity contribution in [2.45, 2.75) is 19.1 Å². The average molecular weight is 162 g/mol. The van der Waals surface area contributed by atoms with Crippen LogP contribution in [0.3, 0.4) is 0 Å². The van der Waals surface area contributed by atoms with Crippen molar-refractivity contribution in [2.24, 2.45) is 5.92 Å². The molecule has 11 heavy (non-hydrogen) atoms. The molecular weight excluding hydrogens is 147 g/mol. The van der Waals surface area contributed by atoms with E-state index in [4.69, 9.17) is 0 Å². The van der Waals surface area contributed by atoms with Crippen molar-refractivity contribution in [3.05, 3.63) is 30.3 Å². The van der Waals surface area contributed by atoms with Gasteiger partial charge in [-0.3, -0.25) is 0 Å². The first kappa shape index (κ1) is 8.85. The van der Waals surface area contributed by atoms with Crippen molar-refractivity contribution < 1.29 is 1.43 Å². The van der Waals surface area contributed by atoms with Crippen molar-refractivity contribution in [1.82, 2.24) is 0 Å². The molecule has 0 aliphatic rings. The summed E-state index contributed by atoms with van der Waals surface area (Å²) in [6, 6.07) is 10.8. The Morgan fingerprint density at radius 2 is 1.91 bits per heavy atom. The minimum atomic E-state index is 0. The fraction of sp³-hybridized carbons (Fsp3) is 0.400. The molecule has 0 aliphatic carbocycles. The van der Waals surface area contributed by atoms with Gasteiger partial charge >= 0.3 is 75.0 Å². The smallest absolute Gasteiger partial charge is 1.00 e. The second-order valence-corrected chi connectivity index (χ2v) is 4.79. The largest absolute Gasteiger partial charge is 1.00 e. The van der Waals surface area contributed by atoms with Crippen LogP contribution >= 0.6 is 0 Å². The summed E-state index contributed by atoms with van der Waals surface area (Å²) in [7, 11) is 0. The van der Waals surface area contributed by atoms with Crippen LogP contribution in [-0.4, -0.2) is 15.2 Å². The Morgan fingerprint density at radius 1 is 1.27 bits per heavy atom. The number of rotatable bonds is 3. The molecule has 1 aromatic rings. The van der Waals surface area contributed by atoms with Gasteiger partial charge in [-0.1, -0.05) is 0 Å². The molecule has 0 saturated heterocycles. The predicted molar refractivity (Wildman–Crippen MR) is 52.6 cm³/mol. The zero-order valence-electron chi connectivity index (χ0n) is 8.25. The van der Waals surface area contributed by atoms with Crippen molar-refractivity contribution in [2.75, 3.05) is 0 Å². The minimum Gasteiger partial charge on any atom is -1.00 e. The van der Waals surface area contributed by atoms with Crippen LogP contribution < -0.4 is 4.43 Å². The molecule has 58 valence electrons. The van der Waals surface area contributed by atoms with Gasteiger partial charge in [0.05, 0.1) is 0 Å². The molecule has 0 radical (unpaired) electrons. The van der Waals surface area contributed by atoms with E-state index in [0.29, 0.717) is 15.2 Å². The summed E-state index contributed by atoms with van der Waals surface area (Å²) >= 11 is 0.513. The van der Waals surface area contributed by atoms with Gasteiger partial charge in [0.2, 0.25) is 0 Å². The Bertz CT molecular complexity index is 196. The van der Waals surface area contributed by atoms with Crippen LogP contribution in [0.5, 0.6) is 0 Å². The predicted octanol–water partition coefficient (Wildman–Crippen LogP) is 2.20. The third-order valence-corrected chi connectivity index (χ3v) is 3.66. The van der Waals surface area contributed by atoms with Crippen LogP contribution in [0.15, 0.2) is 30.3 Å². The van der Waals surface area contributed by atoms with Crippen molar-refractivity contribution >= 4 is 19.6 Å². The molecule has 0 nitrogen and oxygen atoms in total. The van der Waals surface area contributed by atoms with Gasteiger partial charge in [-0.05, 0) is 0 Å². The summed E-state index contributed by atoms with van der Waals surface area (Å²) in [6.07, 6.45) is 0. The number of benzene rings is 1. The Balaban J connectivity index is 0.00000121. The summed E-state index contributed by atoms with van der Waals surface area (Å²) in [6.45, 7) is 4.58. The molecule has 1 heteroatoms. The van der Waals surface area contributed by atoms with Crippen LogP contribution in [0.25, 0.3) is 0 Å². The summed E-state index contributed by atoms with van der Waals surface area (Å²) in [5.41, 5.74) is 0. The standard InChI is InChI=1S/C6H5.C4H9.Al.H/c1-2-4-6-5-3-1;1-4(2)3;;/h1-5H;4H,1H2,2-3H3;;/q;;+1;-1. The second kappa shape index (κ2) is 4.59. The molecule has 0 saturated carbocycles. The van der Waals surface area contributed by atoms with Crippen LogP contribution in [-0.2, 0) is 0 Å². The monoisotopic (exact) mass is 162 g/mol. The van der Waals surface area contributed by atoms with E-state index in [9.17, 15) is 0 Å². The summed E-state index contributed by atoms with van der Waals surface area (Å²) in [5, 5.41) is 1.38. The molecule has 0 fully saturated rings. The van der Waals surface area contributed by atoms with Crippen LogP contribution in [0.1, 0.15) is 15.3 Å². The maximum absolute atomic E-state index is 2.29. The minimum absolute atomic E-state index is 0. The SMILES string of the molecule is CC(C)[CH2][Al+][c]1ccccc1.[H-]. The first-order valence-corrected chi connectivity index (χ1v) is 5.56. The zero-order chi connectivity index (χ0) is 8.10. The first-order chi connectivity index (χ1) is 5.29. The van der Waals surface area contributed by atoms with Crippen molar-refractivity contribution in [3.63, 3.8) is 0 Å². The van der Waals surface area contributed by atoms with Crippen molar-refractivity contribution in [1.29, 1.82) is 0 Å². The topological polar surface area (TPSA) is 0 Å². The van der Waals surface area contributed by atoms with Crippen molar-refractivity contribution in [3.8, 4) is 0 Å². The zero-order valence-corrected chi connectivity index (χ0v) is 8.40. The van der Waals surface area contributed by atoms with E-state index in [1.54, 1.807) is 4.43 Å². The van der Waals surface area contributed by atoms with E-state index in [-0.39, 0.29) is 1.43 Å². The number of hydrogen-bond donors (Lipinski definition) is 0. The molecule has 1 aromatic carbocycles. The Hall–Kier alpha value is -0.248. The van der Waals surface area contributed by atoms with Gasteiger partial charge in [-0.15, -0.1) is 0 Å². The normalized spacial score (nSPS) is 9.73. The molecule has 0 amide bonds. The Labute approximate surface area is 76.8 Å². The quantitative estimate of drug-likeness (QED) is 0.598. The Morgan fingerprint density at radius 3 is 2.45 bits per heavy atom. The molecule has 0 heterocycles. The van der Waals surface area contributed by atoms with Gasteiger partial charge in [0.15, 0.2) is 0 Å². The number of hydrogen-bond acceptors (Lipinski definition) is 0. The second-order valence-electron chi connectivity index (χ2n) is 3.24. The van der Waals surface area contributed by atoms with Crippen LogP contribution in [0, 0.1) is 5.92 Å². The molecule has 0 N–H and O–H groups in total. The maximum Gasteiger partial charge on any atom is -1.00 e. The third-order valence-electron chi connectivity index (χ3n) is 1.62. The Kier molecular flexibility index (Phi) is 3.69. The fourth-order valence-electron chi connectivity index (χ4n) is 0.961. The van der Waals surface area contributed by atoms with E-state index in [1.807, 2.05) is 0 Å². The molecule has 0 bridgehead atoms. The van der Waals surface area contributed by atoms with Gasteiger partial charge in [-0.25, -0.2) is 0 Å². The van der Waals surface area contributed by atoms with E-state index in [0.717, 1.165) is 5.92 Å². The van der Waals surface area contributed by atoms with Gasteiger partial charge < -0.3 is 1.43 Å². The fourth-order valence-corrected chi connectivity index (χ4v) is 2.20. The van der Waals surface area contributed by atoms with Gasteiger partial charge in [0, 0.05) is 0 Å². The van der Waals surface area contributed by atoms with Gasteiger partial charge in [0.1, 0.15) is 0 Å². The maximum atomic E-state index is 2.29. The first-order valence-electron chi connectivity index (χ1n) is 4.17. The summed E-state index contributed by atoms with van der Waals surface area (Å²) in [4.78, 5) is 0.